The number of rotatable bonds is 4. The van der Waals surface area contributed by atoms with Crippen LogP contribution in [0.1, 0.15) is 83.6 Å². The van der Waals surface area contributed by atoms with E-state index in [1.54, 1.807) is 30.5 Å². The maximum Gasteiger partial charge on any atom is 0.216 e. The Labute approximate surface area is 309 Å². The van der Waals surface area contributed by atoms with Crippen LogP contribution in [0.3, 0.4) is 0 Å². The predicted molar refractivity (Wildman–Crippen MR) is 198 cm³/mol. The second-order valence-corrected chi connectivity index (χ2v) is 14.2. The number of nitrogens with zero attached hydrogens (tertiary/aromatic N) is 4. The van der Waals surface area contributed by atoms with Gasteiger partial charge in [-0.3, -0.25) is 4.98 Å². The smallest absolute Gasteiger partial charge is 0.216 e. The summed E-state index contributed by atoms with van der Waals surface area (Å²) in [5.41, 5.74) is 7.67. The van der Waals surface area contributed by atoms with Gasteiger partial charge < -0.3 is 14.0 Å². The van der Waals surface area contributed by atoms with Crippen molar-refractivity contribution in [2.45, 2.75) is 73.1 Å². The van der Waals surface area contributed by atoms with Gasteiger partial charge >= 0.3 is 0 Å². The number of hydrogen-bond donors (Lipinski definition) is 0. The summed E-state index contributed by atoms with van der Waals surface area (Å²) >= 11 is 0. The van der Waals surface area contributed by atoms with Gasteiger partial charge in [0.2, 0.25) is 5.71 Å². The van der Waals surface area contributed by atoms with E-state index in [9.17, 15) is 0 Å². The largest absolute Gasteiger partial charge is 0.486 e. The van der Waals surface area contributed by atoms with Crippen LogP contribution in [-0.4, -0.2) is 19.5 Å². The third kappa shape index (κ3) is 6.65. The Bertz CT molecular complexity index is 2530. The van der Waals surface area contributed by atoms with Gasteiger partial charge in [-0.1, -0.05) is 75.4 Å². The number of hydrogen-bond acceptors (Lipinski definition) is 4. The summed E-state index contributed by atoms with van der Waals surface area (Å²) in [4.78, 5) is 13.5. The van der Waals surface area contributed by atoms with Crippen molar-refractivity contribution in [3.63, 3.8) is 0 Å². The molecule has 0 bridgehead atoms. The number of imidazole rings is 1. The summed E-state index contributed by atoms with van der Waals surface area (Å²) in [5.74, 6) is 1.49. The van der Waals surface area contributed by atoms with E-state index < -0.39 is 18.6 Å². The summed E-state index contributed by atoms with van der Waals surface area (Å²) in [7, 11) is 0. The van der Waals surface area contributed by atoms with Crippen molar-refractivity contribution in [2.75, 3.05) is 0 Å². The Morgan fingerprint density at radius 2 is 1.82 bits per heavy atom. The third-order valence-electron chi connectivity index (χ3n) is 8.53. The van der Waals surface area contributed by atoms with Gasteiger partial charge in [0.05, 0.1) is 28.0 Å². The average molecular weight is 828 g/mol. The maximum absolute atomic E-state index is 8.55. The van der Waals surface area contributed by atoms with Crippen LogP contribution in [0.4, 0.5) is 0 Å². The topological polar surface area (TPSA) is 56.7 Å². The van der Waals surface area contributed by atoms with Crippen molar-refractivity contribution < 1.29 is 31.4 Å². The molecule has 0 aliphatic carbocycles. The third-order valence-corrected chi connectivity index (χ3v) is 8.53. The van der Waals surface area contributed by atoms with E-state index >= 15 is 0 Å². The predicted octanol–water partition coefficient (Wildman–Crippen LogP) is 11.1. The van der Waals surface area contributed by atoms with Crippen LogP contribution < -0.4 is 0 Å². The minimum atomic E-state index is -2.32. The Morgan fingerprint density at radius 1 is 0.980 bits per heavy atom. The molecule has 1 aliphatic heterocycles. The molecule has 4 aromatic heterocycles. The number of allylic oxidation sites excluding steroid dienone is 1. The Morgan fingerprint density at radius 3 is 2.55 bits per heavy atom. The number of aromatic nitrogens is 4. The first kappa shape index (κ1) is 28.5. The summed E-state index contributed by atoms with van der Waals surface area (Å²) in [6, 6.07) is 29.1. The molecule has 0 N–H and O–H groups in total. The quantitative estimate of drug-likeness (QED) is 0.166. The van der Waals surface area contributed by atoms with Crippen molar-refractivity contribution in [1.29, 1.82) is 0 Å². The monoisotopic (exact) mass is 828 g/mol. The number of benzene rings is 3. The van der Waals surface area contributed by atoms with Crippen LogP contribution >= 0.6 is 0 Å². The number of pyridine rings is 2. The molecule has 0 saturated heterocycles. The molecule has 0 atom stereocenters. The molecular weight excluding hydrogens is 781 g/mol. The van der Waals surface area contributed by atoms with E-state index in [0.717, 1.165) is 22.3 Å². The zero-order chi connectivity index (χ0) is 38.1. The molecule has 3 aromatic carbocycles. The van der Waals surface area contributed by atoms with Gasteiger partial charge in [-0.2, -0.15) is 0 Å². The number of furan rings is 1. The molecule has 0 amide bonds. The van der Waals surface area contributed by atoms with Crippen molar-refractivity contribution in [1.82, 2.24) is 19.5 Å². The van der Waals surface area contributed by atoms with Gasteiger partial charge in [0, 0.05) is 49.8 Å². The Kier molecular flexibility index (Phi) is 7.64. The van der Waals surface area contributed by atoms with Gasteiger partial charge in [0.25, 0.3) is 0 Å². The number of fused-ring (bicyclic) bond motifs is 3. The molecule has 251 valence electrons. The normalized spacial score (nSPS) is 15.6. The Balaban J connectivity index is 0.000000187. The van der Waals surface area contributed by atoms with Crippen LogP contribution in [0.2, 0.25) is 0 Å². The summed E-state index contributed by atoms with van der Waals surface area (Å²) < 4.78 is 48.1. The molecule has 7 aromatic rings. The molecule has 49 heavy (non-hydrogen) atoms. The second-order valence-electron chi connectivity index (χ2n) is 14.2. The molecule has 0 saturated carbocycles. The van der Waals surface area contributed by atoms with Crippen molar-refractivity contribution >= 4 is 39.2 Å². The fourth-order valence-electron chi connectivity index (χ4n) is 6.41. The molecule has 1 aliphatic rings. The van der Waals surface area contributed by atoms with E-state index in [4.69, 9.17) is 16.3 Å². The van der Waals surface area contributed by atoms with E-state index in [-0.39, 0.29) is 37.1 Å². The molecule has 0 unspecified atom stereocenters. The maximum atomic E-state index is 8.55. The molecular formula is C43H42IrN4O-2. The molecule has 1 radical (unpaired) electrons. The first-order valence-electron chi connectivity index (χ1n) is 18.8. The molecule has 0 spiro atoms. The fraction of sp³-hybridized carbons (Fsp3) is 0.279. The van der Waals surface area contributed by atoms with Crippen LogP contribution in [0, 0.1) is 24.4 Å². The van der Waals surface area contributed by atoms with Crippen LogP contribution in [0.25, 0.3) is 61.8 Å². The minimum Gasteiger partial charge on any atom is -0.486 e. The van der Waals surface area contributed by atoms with E-state index in [0.29, 0.717) is 33.7 Å². The zero-order valence-corrected chi connectivity index (χ0v) is 31.2. The second kappa shape index (κ2) is 13.2. The van der Waals surface area contributed by atoms with Gasteiger partial charge in [-0.25, -0.2) is 4.98 Å². The molecule has 5 heterocycles. The van der Waals surface area contributed by atoms with Gasteiger partial charge in [0.1, 0.15) is 0 Å². The van der Waals surface area contributed by atoms with Gasteiger partial charge in [-0.15, -0.1) is 54.1 Å². The van der Waals surface area contributed by atoms with Gasteiger partial charge in [-0.05, 0) is 73.9 Å². The summed E-state index contributed by atoms with van der Waals surface area (Å²) in [6.07, 6.45) is 4.57. The SMILES string of the molecule is CC(C)c1ccc2nc(-c3[c-]cccc3)n3c2c1C=CC3(C)C.[2H]C([2H])([2H])c1ccc2c(n1)oc1c(-c3cc(C([2H])([2H])C(C)(C)C)ccn3)[c-]ccc12.[Ir]. The molecule has 0 fully saturated rings. The first-order valence-corrected chi connectivity index (χ1v) is 16.3. The molecule has 5 nitrogen and oxygen atoms in total. The summed E-state index contributed by atoms with van der Waals surface area (Å²) in [6.45, 7) is 12.2. The minimum absolute atomic E-state index is 0. The average Bonchev–Trinajstić information content (AvgIpc) is 3.70. The Hall–Kier alpha value is -4.38. The number of aryl methyl sites for hydroxylation is 1. The van der Waals surface area contributed by atoms with E-state index in [2.05, 4.69) is 84.7 Å². The standard InChI is InChI=1S/C22H21N2O.C21H21N2.Ir/c1-14-8-9-17-16-6-5-7-18(20(16)25-21(17)24-14)19-12-15(10-11-23-19)13-22(2,3)4;1-14(2)16-10-11-18-19-17(16)12-13-21(3,4)23(19)20(22-18)15-8-6-5-7-9-15;/h5-6,8-12H,13H2,1-4H3;5-8,10-14H,1-4H3;/q2*-1;/i1D3,13D2;;. The zero-order valence-electron chi connectivity index (χ0n) is 33.8. The van der Waals surface area contributed by atoms with Crippen LogP contribution in [-0.2, 0) is 32.0 Å². The van der Waals surface area contributed by atoms with Crippen molar-refractivity contribution in [3.8, 4) is 22.6 Å². The van der Waals surface area contributed by atoms with E-state index in [1.807, 2.05) is 45.0 Å². The molecule has 8 rings (SSSR count). The van der Waals surface area contributed by atoms with Crippen molar-refractivity contribution in [2.24, 2.45) is 5.41 Å². The van der Waals surface area contributed by atoms with E-state index in [1.165, 1.54) is 22.7 Å². The summed E-state index contributed by atoms with van der Waals surface area (Å²) in [5, 5.41) is 1.48. The molecule has 6 heteroatoms. The van der Waals surface area contributed by atoms with Crippen LogP contribution in [0.15, 0.2) is 89.5 Å². The van der Waals surface area contributed by atoms with Crippen LogP contribution in [0.5, 0.6) is 0 Å². The van der Waals surface area contributed by atoms with Crippen molar-refractivity contribution in [3.05, 3.63) is 120 Å². The first-order chi connectivity index (χ1) is 24.9. The van der Waals surface area contributed by atoms with Gasteiger partial charge in [0.15, 0.2) is 0 Å². The fourth-order valence-corrected chi connectivity index (χ4v) is 6.41.